The molecule has 0 saturated heterocycles. The highest BCUT2D eigenvalue weighted by Crippen LogP contribution is 2.65. The summed E-state index contributed by atoms with van der Waals surface area (Å²) in [6.45, 7) is 12.1. The van der Waals surface area contributed by atoms with Crippen molar-refractivity contribution in [3.05, 3.63) is 0 Å². The van der Waals surface area contributed by atoms with Crippen molar-refractivity contribution in [1.82, 2.24) is 5.32 Å². The van der Waals surface area contributed by atoms with Crippen LogP contribution in [0.3, 0.4) is 0 Å². The summed E-state index contributed by atoms with van der Waals surface area (Å²) in [5, 5.41) is 12.8. The highest BCUT2D eigenvalue weighted by Gasteiger charge is 2.61. The molecule has 3 unspecified atom stereocenters. The molecule has 96 valence electrons. The predicted octanol–water partition coefficient (Wildman–Crippen LogP) is 3.34. The van der Waals surface area contributed by atoms with E-state index >= 15 is 0 Å². The molecule has 1 N–H and O–H groups in total. The SMILES string of the molecule is CC(C)(C#N)CNC1CC2CCC1(C)C2(C)C. The molecule has 0 heterocycles. The highest BCUT2D eigenvalue weighted by molar-refractivity contribution is 5.13. The van der Waals surface area contributed by atoms with Crippen LogP contribution in [-0.4, -0.2) is 12.6 Å². The molecule has 17 heavy (non-hydrogen) atoms. The van der Waals surface area contributed by atoms with Crippen LogP contribution in [-0.2, 0) is 0 Å². The third-order valence-electron chi connectivity index (χ3n) is 5.89. The Labute approximate surface area is 106 Å². The molecule has 0 aromatic heterocycles. The summed E-state index contributed by atoms with van der Waals surface area (Å²) in [6.07, 6.45) is 4.03. The van der Waals surface area contributed by atoms with Crippen molar-refractivity contribution >= 4 is 0 Å². The molecule has 0 spiro atoms. The fraction of sp³-hybridized carbons (Fsp3) is 0.933. The normalized spacial score (nSPS) is 39.3. The summed E-state index contributed by atoms with van der Waals surface area (Å²) in [6, 6.07) is 2.98. The summed E-state index contributed by atoms with van der Waals surface area (Å²) >= 11 is 0. The number of rotatable bonds is 3. The van der Waals surface area contributed by atoms with Gasteiger partial charge in [-0.1, -0.05) is 20.8 Å². The van der Waals surface area contributed by atoms with Crippen LogP contribution in [0, 0.1) is 33.5 Å². The number of nitrogens with one attached hydrogen (secondary N) is 1. The van der Waals surface area contributed by atoms with E-state index in [1.165, 1.54) is 19.3 Å². The number of nitrogens with zero attached hydrogens (tertiary/aromatic N) is 1. The third-order valence-corrected chi connectivity index (χ3v) is 5.89. The minimum absolute atomic E-state index is 0.248. The van der Waals surface area contributed by atoms with Crippen LogP contribution >= 0.6 is 0 Å². The Balaban J connectivity index is 2.05. The standard InChI is InChI=1S/C15H26N2/c1-13(2,9-16)10-17-12-8-11-6-7-15(12,5)14(11,3)4/h11-12,17H,6-8,10H2,1-5H3. The van der Waals surface area contributed by atoms with Gasteiger partial charge in [0.05, 0.1) is 11.5 Å². The lowest BCUT2D eigenvalue weighted by Crippen LogP contribution is -2.47. The van der Waals surface area contributed by atoms with Crippen molar-refractivity contribution in [3.8, 4) is 6.07 Å². The van der Waals surface area contributed by atoms with Gasteiger partial charge in [-0.25, -0.2) is 0 Å². The van der Waals surface area contributed by atoms with Gasteiger partial charge in [0.25, 0.3) is 0 Å². The van der Waals surface area contributed by atoms with Gasteiger partial charge in [-0.2, -0.15) is 5.26 Å². The second kappa shape index (κ2) is 3.72. The molecule has 3 atom stereocenters. The molecule has 2 rings (SSSR count). The maximum absolute atomic E-state index is 9.08. The molecule has 0 amide bonds. The third kappa shape index (κ3) is 1.80. The summed E-state index contributed by atoms with van der Waals surface area (Å²) in [7, 11) is 0. The van der Waals surface area contributed by atoms with E-state index in [9.17, 15) is 0 Å². The zero-order valence-electron chi connectivity index (χ0n) is 11.9. The van der Waals surface area contributed by atoms with E-state index in [0.29, 0.717) is 16.9 Å². The Morgan fingerprint density at radius 1 is 1.35 bits per heavy atom. The van der Waals surface area contributed by atoms with Crippen molar-refractivity contribution in [2.24, 2.45) is 22.2 Å². The first kappa shape index (κ1) is 12.9. The maximum Gasteiger partial charge on any atom is 0.0697 e. The van der Waals surface area contributed by atoms with Crippen LogP contribution in [0.4, 0.5) is 0 Å². The minimum Gasteiger partial charge on any atom is -0.312 e. The molecule has 0 aliphatic heterocycles. The van der Waals surface area contributed by atoms with Gasteiger partial charge in [0.15, 0.2) is 0 Å². The van der Waals surface area contributed by atoms with E-state index in [2.05, 4.69) is 32.2 Å². The topological polar surface area (TPSA) is 35.8 Å². The zero-order valence-corrected chi connectivity index (χ0v) is 11.9. The lowest BCUT2D eigenvalue weighted by molar-refractivity contribution is 0.118. The van der Waals surface area contributed by atoms with Gasteiger partial charge in [-0.15, -0.1) is 0 Å². The van der Waals surface area contributed by atoms with E-state index in [-0.39, 0.29) is 5.41 Å². The van der Waals surface area contributed by atoms with Crippen molar-refractivity contribution in [3.63, 3.8) is 0 Å². The second-order valence-corrected chi connectivity index (χ2v) is 7.54. The van der Waals surface area contributed by atoms with Crippen LogP contribution in [0.25, 0.3) is 0 Å². The number of hydrogen-bond donors (Lipinski definition) is 1. The Kier molecular flexibility index (Phi) is 2.82. The molecule has 2 heteroatoms. The Morgan fingerprint density at radius 3 is 2.41 bits per heavy atom. The van der Waals surface area contributed by atoms with E-state index in [1.807, 2.05) is 13.8 Å². The first-order chi connectivity index (χ1) is 7.73. The van der Waals surface area contributed by atoms with Gasteiger partial charge in [-0.3, -0.25) is 0 Å². The van der Waals surface area contributed by atoms with E-state index < -0.39 is 0 Å². The lowest BCUT2D eigenvalue weighted by atomic mass is 9.69. The molecule has 2 saturated carbocycles. The molecule has 2 aliphatic rings. The number of fused-ring (bicyclic) bond motifs is 2. The van der Waals surface area contributed by atoms with Crippen molar-refractivity contribution in [1.29, 1.82) is 5.26 Å². The molecule has 2 bridgehead atoms. The van der Waals surface area contributed by atoms with E-state index in [1.54, 1.807) is 0 Å². The van der Waals surface area contributed by atoms with E-state index in [4.69, 9.17) is 5.26 Å². The van der Waals surface area contributed by atoms with Crippen molar-refractivity contribution in [2.75, 3.05) is 6.54 Å². The first-order valence-electron chi connectivity index (χ1n) is 6.88. The predicted molar refractivity (Wildman–Crippen MR) is 70.4 cm³/mol. The summed E-state index contributed by atoms with van der Waals surface area (Å²) in [4.78, 5) is 0. The lowest BCUT2D eigenvalue weighted by Gasteiger charge is -2.40. The Hall–Kier alpha value is -0.550. The molecule has 2 fully saturated rings. The number of hydrogen-bond acceptors (Lipinski definition) is 2. The quantitative estimate of drug-likeness (QED) is 0.813. The zero-order chi connectivity index (χ0) is 12.9. The Morgan fingerprint density at radius 2 is 2.00 bits per heavy atom. The van der Waals surface area contributed by atoms with Crippen molar-refractivity contribution in [2.45, 2.75) is 59.9 Å². The average Bonchev–Trinajstić information content (AvgIpc) is 2.58. The molecular formula is C15H26N2. The summed E-state index contributed by atoms with van der Waals surface area (Å²) in [5.74, 6) is 0.871. The maximum atomic E-state index is 9.08. The summed E-state index contributed by atoms with van der Waals surface area (Å²) < 4.78 is 0. The Bertz CT molecular complexity index is 350. The number of nitriles is 1. The molecule has 0 radical (unpaired) electrons. The molecular weight excluding hydrogens is 208 g/mol. The highest BCUT2D eigenvalue weighted by atomic mass is 15.0. The van der Waals surface area contributed by atoms with Crippen LogP contribution in [0.5, 0.6) is 0 Å². The minimum atomic E-state index is -0.248. The summed E-state index contributed by atoms with van der Waals surface area (Å²) in [5.41, 5.74) is 0.632. The van der Waals surface area contributed by atoms with Gasteiger partial charge < -0.3 is 5.32 Å². The fourth-order valence-electron chi connectivity index (χ4n) is 3.93. The van der Waals surface area contributed by atoms with E-state index in [0.717, 1.165) is 12.5 Å². The van der Waals surface area contributed by atoms with Gasteiger partial charge in [0.2, 0.25) is 0 Å². The molecule has 2 aliphatic carbocycles. The molecule has 0 aromatic rings. The van der Waals surface area contributed by atoms with Gasteiger partial charge in [-0.05, 0) is 49.9 Å². The van der Waals surface area contributed by atoms with Gasteiger partial charge in [0, 0.05) is 12.6 Å². The van der Waals surface area contributed by atoms with Crippen LogP contribution in [0.15, 0.2) is 0 Å². The fourth-order valence-corrected chi connectivity index (χ4v) is 3.93. The monoisotopic (exact) mass is 234 g/mol. The van der Waals surface area contributed by atoms with Gasteiger partial charge in [0.1, 0.15) is 0 Å². The molecule has 0 aromatic carbocycles. The van der Waals surface area contributed by atoms with Crippen molar-refractivity contribution < 1.29 is 0 Å². The average molecular weight is 234 g/mol. The van der Waals surface area contributed by atoms with Crippen LogP contribution < -0.4 is 5.32 Å². The van der Waals surface area contributed by atoms with Crippen LogP contribution in [0.2, 0.25) is 0 Å². The van der Waals surface area contributed by atoms with Crippen LogP contribution in [0.1, 0.15) is 53.9 Å². The van der Waals surface area contributed by atoms with Gasteiger partial charge >= 0.3 is 0 Å². The largest absolute Gasteiger partial charge is 0.312 e. The second-order valence-electron chi connectivity index (χ2n) is 7.54. The first-order valence-corrected chi connectivity index (χ1v) is 6.88. The smallest absolute Gasteiger partial charge is 0.0697 e. The molecule has 2 nitrogen and oxygen atoms in total.